The average molecular weight is 752 g/mol. The van der Waals surface area contributed by atoms with Gasteiger partial charge in [0.05, 0.1) is 46.6 Å². The molecule has 12 nitrogen and oxygen atoms in total. The van der Waals surface area contributed by atoms with Gasteiger partial charge in [-0.25, -0.2) is 28.5 Å². The van der Waals surface area contributed by atoms with Crippen LogP contribution in [0.4, 0.5) is 19.0 Å². The van der Waals surface area contributed by atoms with Crippen molar-refractivity contribution in [2.45, 2.75) is 36.5 Å². The van der Waals surface area contributed by atoms with E-state index in [9.17, 15) is 32.7 Å². The molecule has 2 aromatic heterocycles. The summed E-state index contributed by atoms with van der Waals surface area (Å²) in [5, 5.41) is 11.0. The molecule has 2 N–H and O–H groups in total. The third-order valence-electron chi connectivity index (χ3n) is 9.62. The van der Waals surface area contributed by atoms with Crippen molar-refractivity contribution >= 4 is 52.4 Å². The normalized spacial score (nSPS) is 22.9. The number of carbonyl (C=O) groups excluding carboxylic acids is 2. The third-order valence-corrected chi connectivity index (χ3v) is 10.4. The minimum absolute atomic E-state index is 0.0462. The summed E-state index contributed by atoms with van der Waals surface area (Å²) in [7, 11) is 2.62. The Labute approximate surface area is 294 Å². The predicted octanol–water partition coefficient (Wildman–Crippen LogP) is 5.06. The molecule has 0 unspecified atom stereocenters. The molecule has 1 aliphatic carbocycles. The molecule has 0 spiro atoms. The number of methoxy groups -OCH3 is 1. The highest BCUT2D eigenvalue weighted by Gasteiger charge is 2.69. The molecule has 260 valence electrons. The van der Waals surface area contributed by atoms with E-state index in [2.05, 4.69) is 10.4 Å². The second-order valence-electron chi connectivity index (χ2n) is 12.1. The molecule has 7 rings (SSSR count). The van der Waals surface area contributed by atoms with Gasteiger partial charge >= 0.3 is 17.6 Å². The lowest BCUT2D eigenvalue weighted by Crippen LogP contribution is -2.53. The van der Waals surface area contributed by atoms with E-state index in [0.29, 0.717) is 39.0 Å². The number of benzene rings is 2. The van der Waals surface area contributed by atoms with Gasteiger partial charge in [0, 0.05) is 24.2 Å². The summed E-state index contributed by atoms with van der Waals surface area (Å²) in [5.74, 6) is -4.84. The van der Waals surface area contributed by atoms with Crippen LogP contribution in [0.1, 0.15) is 35.1 Å². The second-order valence-corrected chi connectivity index (χ2v) is 13.3. The van der Waals surface area contributed by atoms with Crippen LogP contribution in [0.2, 0.25) is 15.1 Å². The van der Waals surface area contributed by atoms with Crippen LogP contribution in [0.3, 0.4) is 0 Å². The van der Waals surface area contributed by atoms with Gasteiger partial charge in [-0.2, -0.15) is 18.2 Å². The second kappa shape index (κ2) is 11.7. The van der Waals surface area contributed by atoms with Crippen LogP contribution >= 0.6 is 34.8 Å². The maximum Gasteiger partial charge on any atom is 0.417 e. The molecule has 2 amide bonds. The number of phenolic OH excluding ortho intramolecular Hbond substituents is 1. The molecule has 0 radical (unpaired) electrons. The zero-order chi connectivity index (χ0) is 36.0. The number of hydrazine groups is 1. The largest absolute Gasteiger partial charge is 0.503 e. The van der Waals surface area contributed by atoms with Crippen molar-refractivity contribution in [3.05, 3.63) is 113 Å². The Balaban J connectivity index is 1.50. The number of fused-ring (bicyclic) bond motifs is 4. The summed E-state index contributed by atoms with van der Waals surface area (Å²) in [6, 6.07) is 8.78. The average Bonchev–Trinajstić information content (AvgIpc) is 3.43. The Bertz CT molecular complexity index is 2270. The number of nitrogens with zero attached hydrogens (tertiary/aromatic N) is 5. The smallest absolute Gasteiger partial charge is 0.417 e. The van der Waals surface area contributed by atoms with Crippen LogP contribution in [-0.4, -0.2) is 48.0 Å². The van der Waals surface area contributed by atoms with Gasteiger partial charge in [0.1, 0.15) is 0 Å². The van der Waals surface area contributed by atoms with Crippen molar-refractivity contribution in [1.82, 2.24) is 23.9 Å². The van der Waals surface area contributed by atoms with Crippen molar-refractivity contribution in [1.29, 1.82) is 0 Å². The van der Waals surface area contributed by atoms with Crippen LogP contribution in [-0.2, 0) is 34.8 Å². The lowest BCUT2D eigenvalue weighted by Gasteiger charge is -2.49. The fraction of sp³-hybridized carbons (Fsp3) is 0.281. The molecule has 4 aromatic rings. The van der Waals surface area contributed by atoms with E-state index < -0.39 is 69.1 Å². The molecule has 3 aliphatic rings. The third kappa shape index (κ3) is 4.77. The number of nitrogens with one attached hydrogen (secondary N) is 1. The van der Waals surface area contributed by atoms with E-state index in [1.807, 2.05) is 0 Å². The van der Waals surface area contributed by atoms with Gasteiger partial charge in [-0.15, -0.1) is 0 Å². The topological polar surface area (TPSA) is 141 Å². The number of aromatic hydroxyl groups is 1. The van der Waals surface area contributed by atoms with Gasteiger partial charge in [0.25, 0.3) is 11.8 Å². The van der Waals surface area contributed by atoms with Gasteiger partial charge in [0.15, 0.2) is 17.3 Å². The molecule has 18 heteroatoms. The highest BCUT2D eigenvalue weighted by molar-refractivity contribution is 6.33. The lowest BCUT2D eigenvalue weighted by atomic mass is 9.53. The fourth-order valence-electron chi connectivity index (χ4n) is 7.44. The highest BCUT2D eigenvalue weighted by atomic mass is 35.5. The number of carbonyl (C=O) groups is 2. The fourth-order valence-corrected chi connectivity index (χ4v) is 8.00. The lowest BCUT2D eigenvalue weighted by molar-refractivity contribution is -0.139. The predicted molar refractivity (Wildman–Crippen MR) is 174 cm³/mol. The maximum atomic E-state index is 15.1. The number of anilines is 1. The SMILES string of the molecule is COc1cc([C@H]2C3=CCn4c(=O)n(C)c(=O)n4[C@@H]3C[C@H]3C(=O)N(Nc4ncc(C(F)(F)F)cc4Cl)C(=O)[C@@]23c2ccc(Cl)cc2)cc(Cl)c1O. The van der Waals surface area contributed by atoms with Crippen LogP contribution in [0.5, 0.6) is 11.5 Å². The number of amides is 2. The van der Waals surface area contributed by atoms with E-state index in [-0.39, 0.29) is 29.5 Å². The Morgan fingerprint density at radius 3 is 2.36 bits per heavy atom. The van der Waals surface area contributed by atoms with Crippen LogP contribution in [0.25, 0.3) is 0 Å². The first-order valence-electron chi connectivity index (χ1n) is 14.9. The first-order chi connectivity index (χ1) is 23.6. The van der Waals surface area contributed by atoms with Crippen molar-refractivity contribution in [3.63, 3.8) is 0 Å². The number of imide groups is 1. The summed E-state index contributed by atoms with van der Waals surface area (Å²) < 4.78 is 48.9. The number of hydrogen-bond acceptors (Lipinski definition) is 8. The van der Waals surface area contributed by atoms with Crippen LogP contribution in [0.15, 0.2) is 69.9 Å². The monoisotopic (exact) mass is 750 g/mol. The number of ether oxygens (including phenoxy) is 1. The first-order valence-corrected chi connectivity index (χ1v) is 16.0. The first kappa shape index (κ1) is 33.8. The standard InChI is InChI=1S/C32H24Cl3F3N6O6/c1-41-29(48)42-8-7-18-22(44(42)30(41)49)12-19-27(46)43(40-26-21(35)11-16(13-39-26)32(36,37)38)28(47)31(19,15-3-5-17(33)6-4-15)24(18)14-9-20(34)25(45)23(10-14)50-2/h3-7,9-11,13,19,22,24,45H,8,12H2,1-2H3,(H,39,40)/t19-,22+,24-,31+/m0/s1. The summed E-state index contributed by atoms with van der Waals surface area (Å²) in [6.45, 7) is -0.0588. The molecule has 2 aromatic carbocycles. The molecular weight excluding hydrogens is 728 g/mol. The number of hydrogen-bond donors (Lipinski definition) is 2. The van der Waals surface area contributed by atoms with Gasteiger partial charge in [-0.05, 0) is 53.5 Å². The molecule has 4 atom stereocenters. The van der Waals surface area contributed by atoms with Crippen LogP contribution < -0.4 is 21.5 Å². The molecular formula is C32H24Cl3F3N6O6. The number of halogens is 6. The maximum absolute atomic E-state index is 15.1. The number of pyridine rings is 1. The number of alkyl halides is 3. The Morgan fingerprint density at radius 2 is 1.72 bits per heavy atom. The van der Waals surface area contributed by atoms with E-state index in [4.69, 9.17) is 39.5 Å². The quantitative estimate of drug-likeness (QED) is 0.213. The Morgan fingerprint density at radius 1 is 1.02 bits per heavy atom. The molecule has 2 fully saturated rings. The van der Waals surface area contributed by atoms with E-state index in [1.165, 1.54) is 47.8 Å². The number of aromatic nitrogens is 4. The van der Waals surface area contributed by atoms with Crippen molar-refractivity contribution in [3.8, 4) is 11.5 Å². The van der Waals surface area contributed by atoms with Crippen LogP contribution in [0, 0.1) is 5.92 Å². The summed E-state index contributed by atoms with van der Waals surface area (Å²) in [5.41, 5.74) is -0.530. The van der Waals surface area contributed by atoms with Crippen molar-refractivity contribution in [2.75, 3.05) is 12.5 Å². The van der Waals surface area contributed by atoms with Gasteiger partial charge in [-0.3, -0.25) is 15.0 Å². The molecule has 2 aliphatic heterocycles. The Hall–Kier alpha value is -4.73. The Kier molecular flexibility index (Phi) is 7.88. The summed E-state index contributed by atoms with van der Waals surface area (Å²) in [6.07, 6.45) is -2.70. The van der Waals surface area contributed by atoms with Crippen molar-refractivity contribution in [2.24, 2.45) is 13.0 Å². The van der Waals surface area contributed by atoms with E-state index in [1.54, 1.807) is 18.2 Å². The molecule has 1 saturated heterocycles. The van der Waals surface area contributed by atoms with Gasteiger partial charge in [-0.1, -0.05) is 53.0 Å². The van der Waals surface area contributed by atoms with E-state index >= 15 is 4.79 Å². The zero-order valence-corrected chi connectivity index (χ0v) is 28.1. The van der Waals surface area contributed by atoms with Gasteiger partial charge in [0.2, 0.25) is 0 Å². The van der Waals surface area contributed by atoms with Crippen molar-refractivity contribution < 1.29 is 32.6 Å². The summed E-state index contributed by atoms with van der Waals surface area (Å²) in [4.78, 5) is 60.0. The van der Waals surface area contributed by atoms with Gasteiger partial charge < -0.3 is 9.84 Å². The molecule has 1 saturated carbocycles. The molecule has 4 heterocycles. The minimum atomic E-state index is -4.76. The summed E-state index contributed by atoms with van der Waals surface area (Å²) >= 11 is 18.9. The minimum Gasteiger partial charge on any atom is -0.503 e. The number of rotatable bonds is 5. The molecule has 50 heavy (non-hydrogen) atoms. The highest BCUT2D eigenvalue weighted by Crippen LogP contribution is 2.62. The zero-order valence-electron chi connectivity index (χ0n) is 25.8. The van der Waals surface area contributed by atoms with E-state index in [0.717, 1.165) is 4.57 Å². The molecule has 0 bridgehead atoms. The number of phenols is 1. The number of allylic oxidation sites excluding steroid dienone is 2.